The largest absolute Gasteiger partial charge is 0.480 e. The zero-order valence-corrected chi connectivity index (χ0v) is 12.6. The molecular weight excluding hydrogens is 250 g/mol. The van der Waals surface area contributed by atoms with Gasteiger partial charge in [-0.05, 0) is 37.8 Å². The Hall–Kier alpha value is -1.51. The molecule has 0 N–H and O–H groups in total. The van der Waals surface area contributed by atoms with Crippen LogP contribution in [0, 0.1) is 6.92 Å². The molecule has 1 aromatic carbocycles. The Morgan fingerprint density at radius 3 is 2.45 bits per heavy atom. The highest BCUT2D eigenvalue weighted by Gasteiger charge is 2.25. The van der Waals surface area contributed by atoms with Crippen molar-refractivity contribution in [2.45, 2.75) is 52.1 Å². The predicted octanol–water partition coefficient (Wildman–Crippen LogP) is 3.56. The van der Waals surface area contributed by atoms with Crippen molar-refractivity contribution in [3.63, 3.8) is 0 Å². The van der Waals surface area contributed by atoms with Gasteiger partial charge < -0.3 is 9.64 Å². The molecule has 1 amide bonds. The number of likely N-dealkylation sites (tertiary alicyclic amines) is 1. The summed E-state index contributed by atoms with van der Waals surface area (Å²) >= 11 is 0. The summed E-state index contributed by atoms with van der Waals surface area (Å²) in [7, 11) is 0. The second kappa shape index (κ2) is 7.32. The van der Waals surface area contributed by atoms with Gasteiger partial charge in [0, 0.05) is 13.1 Å². The highest BCUT2D eigenvalue weighted by atomic mass is 16.5. The molecule has 0 saturated carbocycles. The van der Waals surface area contributed by atoms with Crippen LogP contribution in [0.25, 0.3) is 0 Å². The first-order chi connectivity index (χ1) is 9.72. The number of hydrogen-bond donors (Lipinski definition) is 0. The van der Waals surface area contributed by atoms with Crippen LogP contribution in [0.4, 0.5) is 0 Å². The Kier molecular flexibility index (Phi) is 5.45. The average molecular weight is 275 g/mol. The van der Waals surface area contributed by atoms with E-state index in [1.165, 1.54) is 12.8 Å². The van der Waals surface area contributed by atoms with Gasteiger partial charge in [-0.3, -0.25) is 4.79 Å². The second-order valence-electron chi connectivity index (χ2n) is 5.52. The highest BCUT2D eigenvalue weighted by molar-refractivity contribution is 5.81. The fourth-order valence-electron chi connectivity index (χ4n) is 2.64. The third-order valence-corrected chi connectivity index (χ3v) is 3.93. The molecular formula is C17H25NO2. The van der Waals surface area contributed by atoms with E-state index in [1.54, 1.807) is 0 Å². The average Bonchev–Trinajstić information content (AvgIpc) is 2.75. The maximum Gasteiger partial charge on any atom is 0.263 e. The van der Waals surface area contributed by atoms with E-state index in [4.69, 9.17) is 4.74 Å². The number of benzene rings is 1. The lowest BCUT2D eigenvalue weighted by Gasteiger charge is -2.26. The van der Waals surface area contributed by atoms with Gasteiger partial charge in [0.05, 0.1) is 0 Å². The number of ether oxygens (including phenoxy) is 1. The van der Waals surface area contributed by atoms with Crippen molar-refractivity contribution in [2.75, 3.05) is 13.1 Å². The number of carbonyl (C=O) groups is 1. The van der Waals surface area contributed by atoms with Crippen molar-refractivity contribution >= 4 is 5.91 Å². The normalized spacial score (nSPS) is 17.4. The lowest BCUT2D eigenvalue weighted by molar-refractivity contribution is -0.138. The van der Waals surface area contributed by atoms with Gasteiger partial charge in [-0.2, -0.15) is 0 Å². The van der Waals surface area contributed by atoms with Crippen LogP contribution >= 0.6 is 0 Å². The molecule has 0 unspecified atom stereocenters. The minimum absolute atomic E-state index is 0.151. The molecule has 1 saturated heterocycles. The van der Waals surface area contributed by atoms with Crippen LogP contribution in [0.3, 0.4) is 0 Å². The molecule has 3 heteroatoms. The summed E-state index contributed by atoms with van der Waals surface area (Å²) in [6.45, 7) is 5.79. The van der Waals surface area contributed by atoms with E-state index >= 15 is 0 Å². The smallest absolute Gasteiger partial charge is 0.263 e. The lowest BCUT2D eigenvalue weighted by atomic mass is 10.2. The number of carbonyl (C=O) groups excluding carboxylic acids is 1. The van der Waals surface area contributed by atoms with Crippen molar-refractivity contribution < 1.29 is 9.53 Å². The van der Waals surface area contributed by atoms with Gasteiger partial charge in [-0.25, -0.2) is 0 Å². The first-order valence-corrected chi connectivity index (χ1v) is 7.73. The molecule has 3 nitrogen and oxygen atoms in total. The Balaban J connectivity index is 2.03. The standard InChI is InChI=1S/C17H25NO2/c1-3-15(20-16-11-7-6-10-14(16)2)17(19)18-12-8-4-5-9-13-18/h6-7,10-11,15H,3-5,8-9,12-13H2,1-2H3/t15-/m1/s1. The van der Waals surface area contributed by atoms with Gasteiger partial charge >= 0.3 is 0 Å². The lowest BCUT2D eigenvalue weighted by Crippen LogP contribution is -2.42. The topological polar surface area (TPSA) is 29.5 Å². The van der Waals surface area contributed by atoms with Gasteiger partial charge in [0.2, 0.25) is 0 Å². The Bertz CT molecular complexity index is 436. The van der Waals surface area contributed by atoms with Crippen LogP contribution < -0.4 is 4.74 Å². The number of hydrogen-bond acceptors (Lipinski definition) is 2. The van der Waals surface area contributed by atoms with Crippen molar-refractivity contribution in [2.24, 2.45) is 0 Å². The van der Waals surface area contributed by atoms with Crippen LogP contribution in [0.5, 0.6) is 5.75 Å². The van der Waals surface area contributed by atoms with Crippen molar-refractivity contribution in [3.05, 3.63) is 29.8 Å². The van der Waals surface area contributed by atoms with Gasteiger partial charge in [-0.15, -0.1) is 0 Å². The number of para-hydroxylation sites is 1. The monoisotopic (exact) mass is 275 g/mol. The van der Waals surface area contributed by atoms with Gasteiger partial charge in [0.1, 0.15) is 5.75 Å². The van der Waals surface area contributed by atoms with Gasteiger partial charge in [0.15, 0.2) is 6.10 Å². The summed E-state index contributed by atoms with van der Waals surface area (Å²) in [5.41, 5.74) is 1.08. The number of aryl methyl sites for hydroxylation is 1. The zero-order valence-electron chi connectivity index (χ0n) is 12.6. The Morgan fingerprint density at radius 2 is 1.85 bits per heavy atom. The minimum Gasteiger partial charge on any atom is -0.480 e. The van der Waals surface area contributed by atoms with E-state index in [1.807, 2.05) is 43.0 Å². The third kappa shape index (κ3) is 3.75. The quantitative estimate of drug-likeness (QED) is 0.841. The van der Waals surface area contributed by atoms with E-state index in [0.29, 0.717) is 6.42 Å². The van der Waals surface area contributed by atoms with E-state index in [0.717, 1.165) is 37.2 Å². The third-order valence-electron chi connectivity index (χ3n) is 3.93. The number of amides is 1. The van der Waals surface area contributed by atoms with Crippen LogP contribution in [0.1, 0.15) is 44.6 Å². The number of rotatable bonds is 4. The summed E-state index contributed by atoms with van der Waals surface area (Å²) in [4.78, 5) is 14.6. The van der Waals surface area contributed by atoms with E-state index in [-0.39, 0.29) is 12.0 Å². The molecule has 0 aromatic heterocycles. The zero-order chi connectivity index (χ0) is 14.4. The molecule has 0 radical (unpaired) electrons. The highest BCUT2D eigenvalue weighted by Crippen LogP contribution is 2.20. The van der Waals surface area contributed by atoms with Crippen LogP contribution in [0.2, 0.25) is 0 Å². The first kappa shape index (κ1) is 14.9. The fraction of sp³-hybridized carbons (Fsp3) is 0.588. The molecule has 1 atom stereocenters. The summed E-state index contributed by atoms with van der Waals surface area (Å²) < 4.78 is 5.96. The van der Waals surface area contributed by atoms with Gasteiger partial charge in [-0.1, -0.05) is 38.0 Å². The molecule has 0 aliphatic carbocycles. The summed E-state index contributed by atoms with van der Waals surface area (Å²) in [5, 5.41) is 0. The van der Waals surface area contributed by atoms with Gasteiger partial charge in [0.25, 0.3) is 5.91 Å². The summed E-state index contributed by atoms with van der Waals surface area (Å²) in [6, 6.07) is 7.89. The Labute approximate surface area is 121 Å². The molecule has 1 aliphatic rings. The fourth-order valence-corrected chi connectivity index (χ4v) is 2.64. The molecule has 1 aromatic rings. The van der Waals surface area contributed by atoms with Crippen LogP contribution in [-0.2, 0) is 4.79 Å². The van der Waals surface area contributed by atoms with Crippen LogP contribution in [-0.4, -0.2) is 30.0 Å². The maximum absolute atomic E-state index is 12.6. The van der Waals surface area contributed by atoms with Crippen molar-refractivity contribution in [1.29, 1.82) is 0 Å². The summed E-state index contributed by atoms with van der Waals surface area (Å²) in [5.74, 6) is 0.972. The molecule has 1 aliphatic heterocycles. The molecule has 1 heterocycles. The van der Waals surface area contributed by atoms with E-state index in [9.17, 15) is 4.79 Å². The Morgan fingerprint density at radius 1 is 1.20 bits per heavy atom. The molecule has 1 fully saturated rings. The molecule has 2 rings (SSSR count). The molecule has 0 bridgehead atoms. The summed E-state index contributed by atoms with van der Waals surface area (Å²) in [6.07, 6.45) is 5.07. The van der Waals surface area contributed by atoms with E-state index < -0.39 is 0 Å². The van der Waals surface area contributed by atoms with E-state index in [2.05, 4.69) is 0 Å². The van der Waals surface area contributed by atoms with Crippen molar-refractivity contribution in [1.82, 2.24) is 4.90 Å². The molecule has 110 valence electrons. The van der Waals surface area contributed by atoms with Crippen LogP contribution in [0.15, 0.2) is 24.3 Å². The first-order valence-electron chi connectivity index (χ1n) is 7.73. The SMILES string of the molecule is CC[C@@H](Oc1ccccc1C)C(=O)N1CCCCCC1. The predicted molar refractivity (Wildman–Crippen MR) is 80.9 cm³/mol. The van der Waals surface area contributed by atoms with Crippen molar-refractivity contribution in [3.8, 4) is 5.75 Å². The molecule has 0 spiro atoms. The molecule has 20 heavy (non-hydrogen) atoms. The second-order valence-corrected chi connectivity index (χ2v) is 5.52. The minimum atomic E-state index is -0.353. The maximum atomic E-state index is 12.6. The number of nitrogens with zero attached hydrogens (tertiary/aromatic N) is 1.